The first kappa shape index (κ1) is 21.9. The van der Waals surface area contributed by atoms with Crippen LogP contribution in [0.2, 0.25) is 0 Å². The van der Waals surface area contributed by atoms with Crippen LogP contribution in [0, 0.1) is 5.92 Å². The van der Waals surface area contributed by atoms with Crippen LogP contribution in [-0.4, -0.2) is 30.5 Å². The van der Waals surface area contributed by atoms with Crippen LogP contribution in [0.5, 0.6) is 17.2 Å². The molecule has 5 heteroatoms. The lowest BCUT2D eigenvalue weighted by atomic mass is 9.95. The fourth-order valence-electron chi connectivity index (χ4n) is 3.99. The minimum Gasteiger partial charge on any atom is -0.494 e. The van der Waals surface area contributed by atoms with Gasteiger partial charge in [0.1, 0.15) is 17.2 Å². The highest BCUT2D eigenvalue weighted by Crippen LogP contribution is 2.25. The number of carbonyl (C=O) groups is 1. The Morgan fingerprint density at radius 2 is 1.59 bits per heavy atom. The van der Waals surface area contributed by atoms with Crippen molar-refractivity contribution in [1.82, 2.24) is 4.90 Å². The fraction of sp³-hybridized carbons (Fsp3) is 0.296. The van der Waals surface area contributed by atoms with E-state index in [0.29, 0.717) is 6.61 Å². The van der Waals surface area contributed by atoms with Crippen molar-refractivity contribution in [3.8, 4) is 17.2 Å². The number of para-hydroxylation sites is 1. The Hall–Kier alpha value is -3.31. The molecule has 0 aliphatic carbocycles. The molecule has 0 unspecified atom stereocenters. The zero-order valence-electron chi connectivity index (χ0n) is 18.5. The predicted octanol–water partition coefficient (Wildman–Crippen LogP) is 5.73. The van der Waals surface area contributed by atoms with Crippen LogP contribution in [0.4, 0.5) is 5.69 Å². The van der Waals surface area contributed by atoms with Crippen LogP contribution in [0.3, 0.4) is 0 Å². The number of anilines is 1. The van der Waals surface area contributed by atoms with Gasteiger partial charge in [-0.05, 0) is 86.9 Å². The van der Waals surface area contributed by atoms with Gasteiger partial charge >= 0.3 is 0 Å². The second-order valence-corrected chi connectivity index (χ2v) is 8.06. The molecular weight excluding hydrogens is 400 g/mol. The number of rotatable bonds is 8. The third-order valence-electron chi connectivity index (χ3n) is 5.67. The molecule has 0 spiro atoms. The van der Waals surface area contributed by atoms with Crippen LogP contribution in [0.15, 0.2) is 78.9 Å². The topological polar surface area (TPSA) is 50.8 Å². The number of amides is 1. The summed E-state index contributed by atoms with van der Waals surface area (Å²) in [6, 6.07) is 25.4. The Kier molecular flexibility index (Phi) is 7.41. The summed E-state index contributed by atoms with van der Waals surface area (Å²) in [5, 5.41) is 3.06. The molecule has 32 heavy (non-hydrogen) atoms. The summed E-state index contributed by atoms with van der Waals surface area (Å²) in [5.74, 6) is 2.59. The molecule has 1 saturated heterocycles. The number of likely N-dealkylation sites (tertiary alicyclic amines) is 1. The molecule has 1 aliphatic rings. The van der Waals surface area contributed by atoms with Crippen molar-refractivity contribution in [2.45, 2.75) is 26.3 Å². The first-order valence-electron chi connectivity index (χ1n) is 11.3. The maximum Gasteiger partial charge on any atom is 0.227 e. The molecule has 3 aromatic rings. The molecule has 4 rings (SSSR count). The van der Waals surface area contributed by atoms with Gasteiger partial charge in [0.2, 0.25) is 5.91 Å². The van der Waals surface area contributed by atoms with E-state index >= 15 is 0 Å². The molecule has 1 fully saturated rings. The van der Waals surface area contributed by atoms with Crippen LogP contribution < -0.4 is 14.8 Å². The van der Waals surface area contributed by atoms with Crippen LogP contribution in [0.1, 0.15) is 25.3 Å². The number of benzene rings is 3. The highest BCUT2D eigenvalue weighted by Gasteiger charge is 2.25. The largest absolute Gasteiger partial charge is 0.494 e. The molecule has 0 aromatic heterocycles. The van der Waals surface area contributed by atoms with E-state index < -0.39 is 0 Å². The average Bonchev–Trinajstić information content (AvgIpc) is 2.82. The van der Waals surface area contributed by atoms with E-state index in [1.807, 2.05) is 73.7 Å². The second kappa shape index (κ2) is 10.8. The molecular formula is C27H30N2O3. The molecule has 166 valence electrons. The number of hydrogen-bond acceptors (Lipinski definition) is 4. The first-order valence-corrected chi connectivity index (χ1v) is 11.3. The molecule has 1 heterocycles. The van der Waals surface area contributed by atoms with Crippen molar-refractivity contribution in [3.63, 3.8) is 0 Å². The van der Waals surface area contributed by atoms with E-state index in [0.717, 1.165) is 55.4 Å². The smallest absolute Gasteiger partial charge is 0.227 e. The summed E-state index contributed by atoms with van der Waals surface area (Å²) in [5.41, 5.74) is 2.04. The van der Waals surface area contributed by atoms with Gasteiger partial charge in [0.05, 0.1) is 6.61 Å². The van der Waals surface area contributed by atoms with Gasteiger partial charge in [0.15, 0.2) is 0 Å². The summed E-state index contributed by atoms with van der Waals surface area (Å²) in [6.45, 7) is 5.39. The zero-order chi connectivity index (χ0) is 22.2. The van der Waals surface area contributed by atoms with Gasteiger partial charge in [0, 0.05) is 18.2 Å². The fourth-order valence-corrected chi connectivity index (χ4v) is 3.99. The second-order valence-electron chi connectivity index (χ2n) is 8.06. The molecule has 5 nitrogen and oxygen atoms in total. The highest BCUT2D eigenvalue weighted by molar-refractivity contribution is 5.92. The van der Waals surface area contributed by atoms with Gasteiger partial charge in [-0.3, -0.25) is 9.69 Å². The Morgan fingerprint density at radius 3 is 2.31 bits per heavy atom. The van der Waals surface area contributed by atoms with E-state index in [-0.39, 0.29) is 11.8 Å². The summed E-state index contributed by atoms with van der Waals surface area (Å²) < 4.78 is 11.4. The maximum absolute atomic E-state index is 12.7. The molecule has 0 radical (unpaired) electrons. The Bertz CT molecular complexity index is 997. The normalized spacial score (nSPS) is 14.7. The predicted molar refractivity (Wildman–Crippen MR) is 127 cm³/mol. The Morgan fingerprint density at radius 1 is 0.906 bits per heavy atom. The number of piperidine rings is 1. The minimum atomic E-state index is 0.0428. The lowest BCUT2D eigenvalue weighted by Crippen LogP contribution is -2.37. The number of nitrogens with one attached hydrogen (secondary N) is 1. The summed E-state index contributed by atoms with van der Waals surface area (Å²) in [7, 11) is 0. The molecule has 3 aromatic carbocycles. The summed E-state index contributed by atoms with van der Waals surface area (Å²) >= 11 is 0. The standard InChI is InChI=1S/C27H30N2O3/c1-2-31-26-10-6-7-21(19-26)20-29-17-15-22(16-18-29)27(30)28-23-11-13-25(14-12-23)32-24-8-4-3-5-9-24/h3-14,19,22H,2,15-18,20H2,1H3,(H,28,30). The van der Waals surface area contributed by atoms with Crippen molar-refractivity contribution in [2.24, 2.45) is 5.92 Å². The zero-order valence-corrected chi connectivity index (χ0v) is 18.5. The van der Waals surface area contributed by atoms with E-state index in [1.54, 1.807) is 0 Å². The third-order valence-corrected chi connectivity index (χ3v) is 5.67. The highest BCUT2D eigenvalue weighted by atomic mass is 16.5. The van der Waals surface area contributed by atoms with Crippen molar-refractivity contribution in [2.75, 3.05) is 25.0 Å². The molecule has 0 saturated carbocycles. The van der Waals surface area contributed by atoms with Gasteiger partial charge in [-0.25, -0.2) is 0 Å². The quantitative estimate of drug-likeness (QED) is 0.496. The summed E-state index contributed by atoms with van der Waals surface area (Å²) in [6.07, 6.45) is 1.73. The van der Waals surface area contributed by atoms with Gasteiger partial charge in [-0.2, -0.15) is 0 Å². The van der Waals surface area contributed by atoms with Crippen LogP contribution >= 0.6 is 0 Å². The monoisotopic (exact) mass is 430 g/mol. The van der Waals surface area contributed by atoms with Crippen molar-refractivity contribution >= 4 is 11.6 Å². The molecule has 0 atom stereocenters. The Labute approximate surface area is 190 Å². The average molecular weight is 431 g/mol. The molecule has 0 bridgehead atoms. The lowest BCUT2D eigenvalue weighted by molar-refractivity contribution is -0.121. The SMILES string of the molecule is CCOc1cccc(CN2CCC(C(=O)Nc3ccc(Oc4ccccc4)cc3)CC2)c1. The molecule has 1 aliphatic heterocycles. The number of hydrogen-bond donors (Lipinski definition) is 1. The van der Waals surface area contributed by atoms with E-state index in [1.165, 1.54) is 5.56 Å². The van der Waals surface area contributed by atoms with Crippen molar-refractivity contribution in [3.05, 3.63) is 84.4 Å². The van der Waals surface area contributed by atoms with Gasteiger partial charge in [-0.15, -0.1) is 0 Å². The van der Waals surface area contributed by atoms with Gasteiger partial charge < -0.3 is 14.8 Å². The van der Waals surface area contributed by atoms with Crippen LogP contribution in [-0.2, 0) is 11.3 Å². The summed E-state index contributed by atoms with van der Waals surface area (Å²) in [4.78, 5) is 15.2. The van der Waals surface area contributed by atoms with E-state index in [2.05, 4.69) is 22.3 Å². The van der Waals surface area contributed by atoms with E-state index in [9.17, 15) is 4.79 Å². The third kappa shape index (κ3) is 6.11. The number of nitrogens with zero attached hydrogens (tertiary/aromatic N) is 1. The Balaban J connectivity index is 1.24. The van der Waals surface area contributed by atoms with Gasteiger partial charge in [-0.1, -0.05) is 30.3 Å². The van der Waals surface area contributed by atoms with Crippen molar-refractivity contribution < 1.29 is 14.3 Å². The maximum atomic E-state index is 12.7. The number of ether oxygens (including phenoxy) is 2. The van der Waals surface area contributed by atoms with E-state index in [4.69, 9.17) is 9.47 Å². The first-order chi connectivity index (χ1) is 15.7. The molecule has 1 amide bonds. The number of carbonyl (C=O) groups excluding carboxylic acids is 1. The lowest BCUT2D eigenvalue weighted by Gasteiger charge is -2.31. The van der Waals surface area contributed by atoms with Crippen LogP contribution in [0.25, 0.3) is 0 Å². The molecule has 1 N–H and O–H groups in total. The van der Waals surface area contributed by atoms with Crippen molar-refractivity contribution in [1.29, 1.82) is 0 Å². The minimum absolute atomic E-state index is 0.0428. The van der Waals surface area contributed by atoms with Gasteiger partial charge in [0.25, 0.3) is 0 Å².